The van der Waals surface area contributed by atoms with E-state index < -0.39 is 0 Å². The van der Waals surface area contributed by atoms with E-state index in [0.717, 1.165) is 25.1 Å². The van der Waals surface area contributed by atoms with Crippen molar-refractivity contribution in [1.29, 1.82) is 0 Å². The lowest BCUT2D eigenvalue weighted by Crippen LogP contribution is -2.36. The Kier molecular flexibility index (Phi) is 5.75. The van der Waals surface area contributed by atoms with E-state index in [9.17, 15) is 9.59 Å². The molecule has 2 amide bonds. The van der Waals surface area contributed by atoms with Gasteiger partial charge >= 0.3 is 0 Å². The second-order valence-corrected chi connectivity index (χ2v) is 5.20. The van der Waals surface area contributed by atoms with E-state index in [1.165, 1.54) is 6.92 Å². The van der Waals surface area contributed by atoms with Crippen molar-refractivity contribution in [2.24, 2.45) is 0 Å². The lowest BCUT2D eigenvalue weighted by atomic mass is 10.2. The van der Waals surface area contributed by atoms with Crippen LogP contribution in [0.15, 0.2) is 30.3 Å². The van der Waals surface area contributed by atoms with Crippen LogP contribution < -0.4 is 10.2 Å². The van der Waals surface area contributed by atoms with E-state index >= 15 is 0 Å². The van der Waals surface area contributed by atoms with Crippen molar-refractivity contribution >= 4 is 17.5 Å². The first-order valence-electron chi connectivity index (χ1n) is 7.38. The van der Waals surface area contributed by atoms with E-state index in [2.05, 4.69) is 5.32 Å². The number of ether oxygens (including phenoxy) is 1. The minimum atomic E-state index is -0.0619. The molecule has 1 heterocycles. The van der Waals surface area contributed by atoms with Gasteiger partial charge in [0.05, 0.1) is 6.10 Å². The molecule has 0 aromatic heterocycles. The Morgan fingerprint density at radius 2 is 2.10 bits per heavy atom. The Hall–Kier alpha value is -1.88. The van der Waals surface area contributed by atoms with Crippen LogP contribution in [0.4, 0.5) is 5.69 Å². The summed E-state index contributed by atoms with van der Waals surface area (Å²) in [7, 11) is 0. The van der Waals surface area contributed by atoms with Crippen molar-refractivity contribution in [3.05, 3.63) is 30.3 Å². The lowest BCUT2D eigenvalue weighted by molar-refractivity contribution is -0.121. The second-order valence-electron chi connectivity index (χ2n) is 5.20. The number of nitrogens with one attached hydrogen (secondary N) is 1. The van der Waals surface area contributed by atoms with Gasteiger partial charge in [-0.1, -0.05) is 18.2 Å². The maximum absolute atomic E-state index is 11.9. The summed E-state index contributed by atoms with van der Waals surface area (Å²) in [6.07, 6.45) is 2.50. The van der Waals surface area contributed by atoms with Crippen molar-refractivity contribution in [1.82, 2.24) is 5.32 Å². The molecule has 0 spiro atoms. The van der Waals surface area contributed by atoms with Gasteiger partial charge in [-0.2, -0.15) is 0 Å². The Labute approximate surface area is 125 Å². The minimum absolute atomic E-state index is 0.0484. The maximum Gasteiger partial charge on any atom is 0.223 e. The summed E-state index contributed by atoms with van der Waals surface area (Å²) >= 11 is 0. The fourth-order valence-electron chi connectivity index (χ4n) is 2.41. The lowest BCUT2D eigenvalue weighted by Gasteiger charge is -2.21. The second kappa shape index (κ2) is 7.78. The Morgan fingerprint density at radius 3 is 2.71 bits per heavy atom. The molecule has 1 fully saturated rings. The molecule has 5 nitrogen and oxygen atoms in total. The molecule has 1 aliphatic heterocycles. The Bertz CT molecular complexity index is 470. The van der Waals surface area contributed by atoms with Gasteiger partial charge in [0, 0.05) is 38.7 Å². The van der Waals surface area contributed by atoms with E-state index in [0.29, 0.717) is 19.5 Å². The third-order valence-electron chi connectivity index (χ3n) is 3.56. The normalized spacial score (nSPS) is 17.5. The molecule has 1 saturated heterocycles. The molecule has 1 N–H and O–H groups in total. The first-order valence-corrected chi connectivity index (χ1v) is 7.38. The number of nitrogens with zero attached hydrogens (tertiary/aromatic N) is 1. The summed E-state index contributed by atoms with van der Waals surface area (Å²) in [6, 6.07) is 9.39. The van der Waals surface area contributed by atoms with Gasteiger partial charge in [0.15, 0.2) is 0 Å². The highest BCUT2D eigenvalue weighted by molar-refractivity contribution is 5.92. The molecule has 1 aliphatic rings. The molecule has 1 unspecified atom stereocenters. The molecule has 21 heavy (non-hydrogen) atoms. The molecule has 0 bridgehead atoms. The molecule has 1 aromatic rings. The van der Waals surface area contributed by atoms with Crippen LogP contribution in [-0.4, -0.2) is 37.6 Å². The number of hydrogen-bond donors (Lipinski definition) is 1. The standard InChI is InChI=1S/C16H22N2O3/c1-13(19)18(14-6-3-2-4-7-14)10-9-16(20)17-12-15-8-5-11-21-15/h2-4,6-7,15H,5,8-12H2,1H3,(H,17,20). The Morgan fingerprint density at radius 1 is 1.33 bits per heavy atom. The Balaban J connectivity index is 1.78. The first kappa shape index (κ1) is 15.5. The summed E-state index contributed by atoms with van der Waals surface area (Å²) in [5.41, 5.74) is 0.817. The summed E-state index contributed by atoms with van der Waals surface area (Å²) in [5, 5.41) is 2.87. The van der Waals surface area contributed by atoms with Crippen LogP contribution in [0.3, 0.4) is 0 Å². The van der Waals surface area contributed by atoms with Crippen molar-refractivity contribution in [3.8, 4) is 0 Å². The largest absolute Gasteiger partial charge is 0.376 e. The zero-order chi connectivity index (χ0) is 15.1. The number of hydrogen-bond acceptors (Lipinski definition) is 3. The van der Waals surface area contributed by atoms with Crippen LogP contribution in [0.5, 0.6) is 0 Å². The highest BCUT2D eigenvalue weighted by Crippen LogP contribution is 2.14. The van der Waals surface area contributed by atoms with Crippen molar-refractivity contribution in [3.63, 3.8) is 0 Å². The number of benzene rings is 1. The van der Waals surface area contributed by atoms with Crippen molar-refractivity contribution in [2.75, 3.05) is 24.6 Å². The molecule has 2 rings (SSSR count). The van der Waals surface area contributed by atoms with Crippen LogP contribution >= 0.6 is 0 Å². The van der Waals surface area contributed by atoms with E-state index in [1.54, 1.807) is 4.90 Å². The number of carbonyl (C=O) groups excluding carboxylic acids is 2. The van der Waals surface area contributed by atoms with Gasteiger partial charge in [0.1, 0.15) is 0 Å². The highest BCUT2D eigenvalue weighted by Gasteiger charge is 2.17. The van der Waals surface area contributed by atoms with Crippen LogP contribution in [-0.2, 0) is 14.3 Å². The van der Waals surface area contributed by atoms with E-state index in [4.69, 9.17) is 4.74 Å². The predicted molar refractivity (Wildman–Crippen MR) is 81.1 cm³/mol. The van der Waals surface area contributed by atoms with E-state index in [-0.39, 0.29) is 17.9 Å². The third-order valence-corrected chi connectivity index (χ3v) is 3.56. The minimum Gasteiger partial charge on any atom is -0.376 e. The number of rotatable bonds is 6. The van der Waals surface area contributed by atoms with Gasteiger partial charge in [-0.15, -0.1) is 0 Å². The van der Waals surface area contributed by atoms with Crippen LogP contribution in [0.2, 0.25) is 0 Å². The molecule has 0 saturated carbocycles. The molecular weight excluding hydrogens is 268 g/mol. The van der Waals surface area contributed by atoms with Gasteiger partial charge < -0.3 is 15.0 Å². The predicted octanol–water partition coefficient (Wildman–Crippen LogP) is 1.72. The molecule has 0 radical (unpaired) electrons. The summed E-state index contributed by atoms with van der Waals surface area (Å²) in [5.74, 6) is -0.110. The highest BCUT2D eigenvalue weighted by atomic mass is 16.5. The van der Waals surface area contributed by atoms with Gasteiger partial charge in [0.25, 0.3) is 0 Å². The van der Waals surface area contributed by atoms with Crippen molar-refractivity contribution in [2.45, 2.75) is 32.3 Å². The third kappa shape index (κ3) is 4.86. The van der Waals surface area contributed by atoms with Gasteiger partial charge in [0.2, 0.25) is 11.8 Å². The van der Waals surface area contributed by atoms with Crippen LogP contribution in [0, 0.1) is 0 Å². The van der Waals surface area contributed by atoms with Crippen LogP contribution in [0.1, 0.15) is 26.2 Å². The molecule has 1 aromatic carbocycles. The monoisotopic (exact) mass is 290 g/mol. The molecule has 0 aliphatic carbocycles. The topological polar surface area (TPSA) is 58.6 Å². The summed E-state index contributed by atoms with van der Waals surface area (Å²) < 4.78 is 5.46. The molecule has 5 heteroatoms. The van der Waals surface area contributed by atoms with Gasteiger partial charge in [-0.3, -0.25) is 9.59 Å². The maximum atomic E-state index is 11.9. The fourth-order valence-corrected chi connectivity index (χ4v) is 2.41. The molecule has 114 valence electrons. The molecular formula is C16H22N2O3. The fraction of sp³-hybridized carbons (Fsp3) is 0.500. The SMILES string of the molecule is CC(=O)N(CCC(=O)NCC1CCCO1)c1ccccc1. The number of anilines is 1. The number of carbonyl (C=O) groups is 2. The average Bonchev–Trinajstić information content (AvgIpc) is 2.99. The smallest absolute Gasteiger partial charge is 0.223 e. The summed E-state index contributed by atoms with van der Waals surface area (Å²) in [4.78, 5) is 25.2. The number of para-hydroxylation sites is 1. The van der Waals surface area contributed by atoms with Gasteiger partial charge in [-0.05, 0) is 25.0 Å². The van der Waals surface area contributed by atoms with Gasteiger partial charge in [-0.25, -0.2) is 0 Å². The average molecular weight is 290 g/mol. The quantitative estimate of drug-likeness (QED) is 0.868. The zero-order valence-electron chi connectivity index (χ0n) is 12.4. The zero-order valence-corrected chi connectivity index (χ0v) is 12.4. The first-order chi connectivity index (χ1) is 10.2. The number of amides is 2. The summed E-state index contributed by atoms with van der Waals surface area (Å²) in [6.45, 7) is 3.24. The van der Waals surface area contributed by atoms with E-state index in [1.807, 2.05) is 30.3 Å². The van der Waals surface area contributed by atoms with Crippen molar-refractivity contribution < 1.29 is 14.3 Å². The van der Waals surface area contributed by atoms with Crippen LogP contribution in [0.25, 0.3) is 0 Å². The molecule has 1 atom stereocenters.